The van der Waals surface area contributed by atoms with Crippen LogP contribution in [0.2, 0.25) is 0 Å². The first kappa shape index (κ1) is 11.6. The first-order valence-corrected chi connectivity index (χ1v) is 4.67. The van der Waals surface area contributed by atoms with Crippen LogP contribution < -0.4 is 17.2 Å². The van der Waals surface area contributed by atoms with Crippen LogP contribution in [0.3, 0.4) is 0 Å². The summed E-state index contributed by atoms with van der Waals surface area (Å²) in [4.78, 5) is 10.2. The van der Waals surface area contributed by atoms with Crippen molar-refractivity contribution in [2.24, 2.45) is 21.6 Å². The molecule has 0 aliphatic heterocycles. The van der Waals surface area contributed by atoms with E-state index in [2.05, 4.69) is 4.40 Å². The maximum Gasteiger partial charge on any atom is 0.321 e. The van der Waals surface area contributed by atoms with Crippen LogP contribution in [0.1, 0.15) is 0 Å². The van der Waals surface area contributed by atoms with Gasteiger partial charge < -0.3 is 22.3 Å². The number of nitrogens with two attached hydrogens (primary N) is 3. The average molecular weight is 210 g/mol. The second kappa shape index (κ2) is 4.05. The Labute approximate surface area is 74.5 Å². The molecule has 13 heavy (non-hydrogen) atoms. The molecule has 7 N–H and O–H groups in total. The molecule has 0 fully saturated rings. The summed E-state index contributed by atoms with van der Waals surface area (Å²) in [7, 11) is -3.99. The lowest BCUT2D eigenvalue weighted by molar-refractivity contribution is -0.137. The molecular formula is C4H10N4O4S. The average Bonchev–Trinajstić information content (AvgIpc) is 1.81. The Hall–Kier alpha value is -1.35. The zero-order chi connectivity index (χ0) is 10.6. The molecule has 0 aliphatic carbocycles. The molecule has 0 unspecified atom stereocenters. The molecule has 8 nitrogen and oxygen atoms in total. The molecule has 0 aliphatic rings. The van der Waals surface area contributed by atoms with E-state index in [-0.39, 0.29) is 0 Å². The summed E-state index contributed by atoms with van der Waals surface area (Å²) in [5.41, 5.74) is 14.5. The highest BCUT2D eigenvalue weighted by Gasteiger charge is 2.20. The predicted molar refractivity (Wildman–Crippen MR) is 45.2 cm³/mol. The largest absolute Gasteiger partial charge is 0.480 e. The van der Waals surface area contributed by atoms with E-state index in [9.17, 15) is 13.2 Å². The summed E-state index contributed by atoms with van der Waals surface area (Å²) in [6.45, 7) is 0. The maximum atomic E-state index is 10.9. The van der Waals surface area contributed by atoms with E-state index in [0.717, 1.165) is 0 Å². The monoisotopic (exact) mass is 210 g/mol. The zero-order valence-corrected chi connectivity index (χ0v) is 7.36. The van der Waals surface area contributed by atoms with Crippen LogP contribution >= 0.6 is 0 Å². The van der Waals surface area contributed by atoms with Gasteiger partial charge in [-0.25, -0.2) is 8.42 Å². The molecule has 0 amide bonds. The summed E-state index contributed by atoms with van der Waals surface area (Å²) < 4.78 is 24.6. The molecule has 0 rings (SSSR count). The number of carboxylic acid groups (broad SMARTS) is 1. The maximum absolute atomic E-state index is 10.9. The summed E-state index contributed by atoms with van der Waals surface area (Å²) in [6.07, 6.45) is 0. The van der Waals surface area contributed by atoms with Crippen molar-refractivity contribution in [1.29, 1.82) is 0 Å². The minimum atomic E-state index is -3.99. The van der Waals surface area contributed by atoms with E-state index in [1.807, 2.05) is 0 Å². The molecule has 0 saturated carbocycles. The van der Waals surface area contributed by atoms with E-state index in [4.69, 9.17) is 22.3 Å². The molecule has 76 valence electrons. The van der Waals surface area contributed by atoms with Crippen LogP contribution in [0.25, 0.3) is 0 Å². The number of hydrogen-bond donors (Lipinski definition) is 4. The van der Waals surface area contributed by atoms with Gasteiger partial charge in [-0.15, -0.1) is 4.40 Å². The van der Waals surface area contributed by atoms with Crippen LogP contribution in [0.15, 0.2) is 4.40 Å². The van der Waals surface area contributed by atoms with Gasteiger partial charge in [0.1, 0.15) is 6.04 Å². The van der Waals surface area contributed by atoms with Gasteiger partial charge in [-0.3, -0.25) is 4.79 Å². The quantitative estimate of drug-likeness (QED) is 0.284. The molecule has 0 saturated heterocycles. The highest BCUT2D eigenvalue weighted by Crippen LogP contribution is 1.94. The van der Waals surface area contributed by atoms with Crippen LogP contribution in [0.4, 0.5) is 0 Å². The number of rotatable bonds is 4. The van der Waals surface area contributed by atoms with E-state index in [0.29, 0.717) is 0 Å². The van der Waals surface area contributed by atoms with Gasteiger partial charge in [0.2, 0.25) is 5.96 Å². The third kappa shape index (κ3) is 4.98. The summed E-state index contributed by atoms with van der Waals surface area (Å²) in [5.74, 6) is -2.92. The molecule has 0 bridgehead atoms. The molecule has 0 heterocycles. The second-order valence-electron chi connectivity index (χ2n) is 2.21. The minimum absolute atomic E-state index is 0.655. The van der Waals surface area contributed by atoms with Crippen LogP contribution in [-0.4, -0.2) is 37.2 Å². The lowest BCUT2D eigenvalue weighted by Gasteiger charge is -2.03. The third-order valence-corrected chi connectivity index (χ3v) is 2.22. The Morgan fingerprint density at radius 1 is 1.46 bits per heavy atom. The van der Waals surface area contributed by atoms with Crippen molar-refractivity contribution in [3.05, 3.63) is 0 Å². The number of aliphatic carboxylic acids is 1. The van der Waals surface area contributed by atoms with Crippen molar-refractivity contribution in [2.45, 2.75) is 6.04 Å². The topological polar surface area (TPSA) is 162 Å². The standard InChI is InChI=1S/C4H10N4O4S/c5-2(3(9)10)1-13(11,12)8-4(6)7/h2H,1,5H2,(H,9,10)(H4,6,7,8)/t2-/m1/s1. The SMILES string of the molecule is NC(N)=NS(=O)(=O)C[C@@H](N)C(=O)O. The molecular weight excluding hydrogens is 200 g/mol. The normalized spacial score (nSPS) is 13.3. The van der Waals surface area contributed by atoms with Gasteiger partial charge in [0.05, 0.1) is 5.75 Å². The molecule has 9 heteroatoms. The van der Waals surface area contributed by atoms with Gasteiger partial charge in [0.15, 0.2) is 0 Å². The molecule has 0 aromatic heterocycles. The Morgan fingerprint density at radius 2 is 1.92 bits per heavy atom. The minimum Gasteiger partial charge on any atom is -0.480 e. The Morgan fingerprint density at radius 3 is 2.23 bits per heavy atom. The first-order chi connectivity index (χ1) is 5.74. The van der Waals surface area contributed by atoms with E-state index >= 15 is 0 Å². The fraction of sp³-hybridized carbons (Fsp3) is 0.500. The summed E-state index contributed by atoms with van der Waals surface area (Å²) >= 11 is 0. The Bertz CT molecular complexity index is 317. The fourth-order valence-electron chi connectivity index (χ4n) is 0.496. The van der Waals surface area contributed by atoms with Crippen molar-refractivity contribution in [3.63, 3.8) is 0 Å². The lowest BCUT2D eigenvalue weighted by atomic mass is 10.4. The number of nitrogens with zero attached hydrogens (tertiary/aromatic N) is 1. The number of hydrogen-bond acceptors (Lipinski definition) is 4. The van der Waals surface area contributed by atoms with Crippen molar-refractivity contribution >= 4 is 22.0 Å². The summed E-state index contributed by atoms with van der Waals surface area (Å²) in [5, 5.41) is 8.28. The second-order valence-corrected chi connectivity index (χ2v) is 3.89. The van der Waals surface area contributed by atoms with Gasteiger partial charge in [-0.2, -0.15) is 0 Å². The van der Waals surface area contributed by atoms with Crippen LogP contribution in [0.5, 0.6) is 0 Å². The lowest BCUT2D eigenvalue weighted by Crippen LogP contribution is -2.37. The zero-order valence-electron chi connectivity index (χ0n) is 6.54. The van der Waals surface area contributed by atoms with Crippen molar-refractivity contribution < 1.29 is 18.3 Å². The van der Waals surface area contributed by atoms with E-state index in [1.165, 1.54) is 0 Å². The molecule has 1 atom stereocenters. The highest BCUT2D eigenvalue weighted by atomic mass is 32.2. The molecule has 0 aromatic carbocycles. The van der Waals surface area contributed by atoms with E-state index in [1.54, 1.807) is 0 Å². The Balaban J connectivity index is 4.54. The van der Waals surface area contributed by atoms with E-state index < -0.39 is 33.7 Å². The number of sulfonamides is 1. The Kier molecular flexibility index (Phi) is 3.63. The molecule has 0 spiro atoms. The highest BCUT2D eigenvalue weighted by molar-refractivity contribution is 7.90. The number of carboxylic acids is 1. The summed E-state index contributed by atoms with van der Waals surface area (Å²) in [6, 6.07) is -1.53. The van der Waals surface area contributed by atoms with Gasteiger partial charge in [0.25, 0.3) is 10.0 Å². The van der Waals surface area contributed by atoms with Gasteiger partial charge in [0, 0.05) is 0 Å². The smallest absolute Gasteiger partial charge is 0.321 e. The predicted octanol–water partition coefficient (Wildman–Crippen LogP) is -3.00. The third-order valence-electron chi connectivity index (χ3n) is 0.952. The number of carbonyl (C=O) groups is 1. The van der Waals surface area contributed by atoms with Gasteiger partial charge in [-0.1, -0.05) is 0 Å². The number of guanidine groups is 1. The van der Waals surface area contributed by atoms with Crippen molar-refractivity contribution in [3.8, 4) is 0 Å². The van der Waals surface area contributed by atoms with Gasteiger partial charge in [-0.05, 0) is 0 Å². The molecule has 0 aromatic rings. The fourth-order valence-corrected chi connectivity index (χ4v) is 1.49. The van der Waals surface area contributed by atoms with Crippen LogP contribution in [-0.2, 0) is 14.8 Å². The van der Waals surface area contributed by atoms with Gasteiger partial charge >= 0.3 is 5.97 Å². The van der Waals surface area contributed by atoms with Crippen molar-refractivity contribution in [2.75, 3.05) is 5.75 Å². The van der Waals surface area contributed by atoms with Crippen molar-refractivity contribution in [1.82, 2.24) is 0 Å². The first-order valence-electron chi connectivity index (χ1n) is 3.06. The molecule has 0 radical (unpaired) electrons. The van der Waals surface area contributed by atoms with Crippen LogP contribution in [0, 0.1) is 0 Å².